The van der Waals surface area contributed by atoms with E-state index in [0.717, 1.165) is 12.0 Å². The highest BCUT2D eigenvalue weighted by atomic mass is 16.6. The number of ether oxygens (including phenoxy) is 1. The van der Waals surface area contributed by atoms with Crippen molar-refractivity contribution in [2.45, 2.75) is 52.8 Å². The predicted octanol–water partition coefficient (Wildman–Crippen LogP) is 4.72. The number of anilines is 1. The van der Waals surface area contributed by atoms with Crippen LogP contribution < -0.4 is 10.6 Å². The Morgan fingerprint density at radius 1 is 0.966 bits per heavy atom. The molecule has 0 saturated heterocycles. The van der Waals surface area contributed by atoms with Crippen molar-refractivity contribution < 1.29 is 14.3 Å². The molecule has 0 unspecified atom stereocenters. The number of nitrogens with zero attached hydrogens (tertiary/aromatic N) is 1. The molecule has 0 aromatic heterocycles. The Kier molecular flexibility index (Phi) is 8.07. The van der Waals surface area contributed by atoms with Crippen molar-refractivity contribution in [3.05, 3.63) is 65.2 Å². The van der Waals surface area contributed by atoms with Gasteiger partial charge in [-0.15, -0.1) is 0 Å². The molecule has 0 aliphatic rings. The average Bonchev–Trinajstić information content (AvgIpc) is 2.68. The first-order valence-electron chi connectivity index (χ1n) is 9.87. The van der Waals surface area contributed by atoms with Crippen molar-refractivity contribution >= 4 is 17.8 Å². The van der Waals surface area contributed by atoms with Gasteiger partial charge in [-0.1, -0.05) is 42.0 Å². The predicted molar refractivity (Wildman–Crippen MR) is 116 cm³/mol. The van der Waals surface area contributed by atoms with Gasteiger partial charge in [0.2, 0.25) is 0 Å². The summed E-state index contributed by atoms with van der Waals surface area (Å²) in [4.78, 5) is 25.8. The summed E-state index contributed by atoms with van der Waals surface area (Å²) in [6.45, 7) is 8.06. The topological polar surface area (TPSA) is 70.7 Å². The van der Waals surface area contributed by atoms with Crippen molar-refractivity contribution in [3.8, 4) is 0 Å². The van der Waals surface area contributed by atoms with Gasteiger partial charge in [0.25, 0.3) is 0 Å². The first-order chi connectivity index (χ1) is 13.7. The zero-order valence-corrected chi connectivity index (χ0v) is 17.9. The van der Waals surface area contributed by atoms with Crippen LogP contribution in [0.15, 0.2) is 48.5 Å². The molecule has 0 radical (unpaired) electrons. The number of hydrogen-bond acceptors (Lipinski definition) is 3. The summed E-state index contributed by atoms with van der Waals surface area (Å²) in [6, 6.07) is 15.6. The van der Waals surface area contributed by atoms with Crippen LogP contribution in [0.5, 0.6) is 0 Å². The Morgan fingerprint density at radius 3 is 2.14 bits per heavy atom. The van der Waals surface area contributed by atoms with E-state index in [0.29, 0.717) is 12.2 Å². The van der Waals surface area contributed by atoms with Gasteiger partial charge in [0, 0.05) is 25.3 Å². The smallest absolute Gasteiger partial charge is 0.407 e. The number of hydrogen-bond donors (Lipinski definition) is 2. The molecule has 6 nitrogen and oxygen atoms in total. The number of urea groups is 1. The lowest BCUT2D eigenvalue weighted by Crippen LogP contribution is -2.39. The van der Waals surface area contributed by atoms with Crippen molar-refractivity contribution in [2.24, 2.45) is 0 Å². The number of carbonyl (C=O) groups excluding carboxylic acids is 2. The van der Waals surface area contributed by atoms with E-state index in [-0.39, 0.29) is 18.2 Å². The quantitative estimate of drug-likeness (QED) is 0.710. The van der Waals surface area contributed by atoms with Gasteiger partial charge in [-0.25, -0.2) is 9.59 Å². The van der Waals surface area contributed by atoms with Gasteiger partial charge >= 0.3 is 12.1 Å². The second-order valence-electron chi connectivity index (χ2n) is 7.58. The van der Waals surface area contributed by atoms with Gasteiger partial charge in [-0.2, -0.15) is 0 Å². The number of carbonyl (C=O) groups is 2. The fourth-order valence-electron chi connectivity index (χ4n) is 2.75. The van der Waals surface area contributed by atoms with Crippen LogP contribution in [0, 0.1) is 6.92 Å². The minimum Gasteiger partial charge on any atom is -0.447 e. The minimum atomic E-state index is -0.443. The Hall–Kier alpha value is -3.02. The maximum atomic E-state index is 12.5. The first-order valence-corrected chi connectivity index (χ1v) is 9.87. The van der Waals surface area contributed by atoms with Crippen molar-refractivity contribution in [1.82, 2.24) is 10.2 Å². The van der Waals surface area contributed by atoms with Crippen molar-refractivity contribution in [1.29, 1.82) is 0 Å². The second kappa shape index (κ2) is 10.5. The third-order valence-electron chi connectivity index (χ3n) is 4.62. The molecule has 0 aliphatic heterocycles. The molecule has 0 fully saturated rings. The fourth-order valence-corrected chi connectivity index (χ4v) is 2.75. The minimum absolute atomic E-state index is 0.0631. The zero-order chi connectivity index (χ0) is 21.4. The maximum absolute atomic E-state index is 12.5. The molecule has 2 rings (SSSR count). The molecule has 0 spiro atoms. The summed E-state index contributed by atoms with van der Waals surface area (Å²) in [5.41, 5.74) is 4.06. The fraction of sp³-hybridized carbons (Fsp3) is 0.391. The van der Waals surface area contributed by atoms with Gasteiger partial charge < -0.3 is 20.3 Å². The Bertz CT molecular complexity index is 801. The molecule has 2 aromatic rings. The molecular formula is C23H31N3O3. The van der Waals surface area contributed by atoms with E-state index < -0.39 is 6.09 Å². The van der Waals surface area contributed by atoms with Gasteiger partial charge in [0.1, 0.15) is 0 Å². The van der Waals surface area contributed by atoms with Crippen LogP contribution in [-0.2, 0) is 17.7 Å². The molecule has 3 amide bonds. The Morgan fingerprint density at radius 2 is 1.55 bits per heavy atom. The molecule has 2 aromatic carbocycles. The van der Waals surface area contributed by atoms with E-state index >= 15 is 0 Å². The van der Waals surface area contributed by atoms with Crippen molar-refractivity contribution in [2.75, 3.05) is 12.4 Å². The van der Waals surface area contributed by atoms with Gasteiger partial charge in [-0.3, -0.25) is 0 Å². The number of aryl methyl sites for hydroxylation is 1. The number of nitrogens with one attached hydrogen (secondary N) is 2. The maximum Gasteiger partial charge on any atom is 0.407 e. The number of rotatable bonds is 7. The summed E-state index contributed by atoms with van der Waals surface area (Å²) in [5, 5.41) is 5.60. The molecule has 29 heavy (non-hydrogen) atoms. The molecule has 0 bridgehead atoms. The van der Waals surface area contributed by atoms with Crippen molar-refractivity contribution in [3.63, 3.8) is 0 Å². The van der Waals surface area contributed by atoms with Crippen LogP contribution in [0.1, 0.15) is 37.5 Å². The van der Waals surface area contributed by atoms with Crippen LogP contribution in [-0.4, -0.2) is 36.2 Å². The summed E-state index contributed by atoms with van der Waals surface area (Å²) in [7, 11) is 1.80. The molecular weight excluding hydrogens is 366 g/mol. The third kappa shape index (κ3) is 7.49. The average molecular weight is 398 g/mol. The van der Waals surface area contributed by atoms with E-state index in [1.807, 2.05) is 31.2 Å². The molecule has 0 saturated carbocycles. The second-order valence-corrected chi connectivity index (χ2v) is 7.58. The lowest BCUT2D eigenvalue weighted by molar-refractivity contribution is 0.115. The highest BCUT2D eigenvalue weighted by Gasteiger charge is 2.16. The van der Waals surface area contributed by atoms with Crippen LogP contribution in [0.3, 0.4) is 0 Å². The normalized spacial score (nSPS) is 11.7. The third-order valence-corrected chi connectivity index (χ3v) is 4.62. The van der Waals surface area contributed by atoms with E-state index in [4.69, 9.17) is 4.74 Å². The summed E-state index contributed by atoms with van der Waals surface area (Å²) in [5.74, 6) is 0. The molecule has 0 aliphatic carbocycles. The molecule has 0 heterocycles. The largest absolute Gasteiger partial charge is 0.447 e. The SMILES string of the molecule is Cc1ccc(C[C@H](C)N(C)C(=O)Nc2ccc(CNC(=O)OC(C)C)cc2)cc1. The summed E-state index contributed by atoms with van der Waals surface area (Å²) >= 11 is 0. The van der Waals surface area contributed by atoms with Gasteiger partial charge in [-0.05, 0) is 57.4 Å². The standard InChI is InChI=1S/C23H31N3O3/c1-16(2)29-23(28)24-15-20-10-12-21(13-11-20)25-22(27)26(5)18(4)14-19-8-6-17(3)7-9-19/h6-13,16,18H,14-15H2,1-5H3,(H,24,28)(H,25,27)/t18-/m0/s1. The number of likely N-dealkylation sites (N-methyl/N-ethyl adjacent to an activating group) is 1. The Labute approximate surface area is 173 Å². The zero-order valence-electron chi connectivity index (χ0n) is 17.9. The van der Waals surface area contributed by atoms with E-state index in [9.17, 15) is 9.59 Å². The van der Waals surface area contributed by atoms with Crippen LogP contribution in [0.4, 0.5) is 15.3 Å². The molecule has 6 heteroatoms. The van der Waals surface area contributed by atoms with Crippen LogP contribution in [0.2, 0.25) is 0 Å². The number of alkyl carbamates (subject to hydrolysis) is 1. The molecule has 1 atom stereocenters. The molecule has 2 N–H and O–H groups in total. The highest BCUT2D eigenvalue weighted by Crippen LogP contribution is 2.13. The summed E-state index contributed by atoms with van der Waals surface area (Å²) < 4.78 is 5.03. The Balaban J connectivity index is 1.84. The monoisotopic (exact) mass is 397 g/mol. The van der Waals surface area contributed by atoms with Crippen LogP contribution >= 0.6 is 0 Å². The van der Waals surface area contributed by atoms with Gasteiger partial charge in [0.15, 0.2) is 0 Å². The summed E-state index contributed by atoms with van der Waals surface area (Å²) in [6.07, 6.45) is 0.195. The lowest BCUT2D eigenvalue weighted by Gasteiger charge is -2.25. The number of benzene rings is 2. The lowest BCUT2D eigenvalue weighted by atomic mass is 10.1. The van der Waals surface area contributed by atoms with E-state index in [2.05, 4.69) is 41.8 Å². The molecule has 156 valence electrons. The highest BCUT2D eigenvalue weighted by molar-refractivity contribution is 5.89. The first kappa shape index (κ1) is 22.3. The van der Waals surface area contributed by atoms with Crippen LogP contribution in [0.25, 0.3) is 0 Å². The van der Waals surface area contributed by atoms with E-state index in [1.54, 1.807) is 25.8 Å². The van der Waals surface area contributed by atoms with E-state index in [1.165, 1.54) is 11.1 Å². The van der Waals surface area contributed by atoms with Gasteiger partial charge in [0.05, 0.1) is 6.10 Å². The number of amides is 3.